The monoisotopic (exact) mass is 371 g/mol. The summed E-state index contributed by atoms with van der Waals surface area (Å²) in [5.74, 6) is 0. The zero-order valence-electron chi connectivity index (χ0n) is 13.8. The number of imidazole rings is 1. The summed E-state index contributed by atoms with van der Waals surface area (Å²) < 4.78 is 2.33. The van der Waals surface area contributed by atoms with Gasteiger partial charge in [0.2, 0.25) is 0 Å². The van der Waals surface area contributed by atoms with Crippen molar-refractivity contribution in [3.05, 3.63) is 58.3 Å². The van der Waals surface area contributed by atoms with Crippen LogP contribution in [0.4, 0.5) is 5.69 Å². The summed E-state index contributed by atoms with van der Waals surface area (Å²) in [7, 11) is 0. The van der Waals surface area contributed by atoms with Gasteiger partial charge in [0.1, 0.15) is 0 Å². The van der Waals surface area contributed by atoms with Crippen molar-refractivity contribution >= 4 is 46.1 Å². The molecule has 3 nitrogen and oxygen atoms in total. The first-order valence-electron chi connectivity index (χ1n) is 8.66. The first-order chi connectivity index (χ1) is 12.2. The first-order valence-corrected chi connectivity index (χ1v) is 9.42. The van der Waals surface area contributed by atoms with E-state index in [-0.39, 0.29) is 0 Å². The number of aliphatic imine (C=N–C) groups is 1. The molecule has 4 rings (SSSR count). The van der Waals surface area contributed by atoms with Gasteiger partial charge in [0.05, 0.1) is 28.1 Å². The minimum atomic E-state index is 0.584. The molecule has 1 fully saturated rings. The molecule has 1 aliphatic rings. The normalized spacial score (nSPS) is 16.1. The molecule has 25 heavy (non-hydrogen) atoms. The topological polar surface area (TPSA) is 30.2 Å². The van der Waals surface area contributed by atoms with E-state index in [1.54, 1.807) is 12.3 Å². The maximum absolute atomic E-state index is 6.19. The predicted molar refractivity (Wildman–Crippen MR) is 106 cm³/mol. The number of nitrogens with zero attached hydrogens (tertiary/aromatic N) is 3. The van der Waals surface area contributed by atoms with Gasteiger partial charge in [-0.05, 0) is 43.2 Å². The lowest BCUT2D eigenvalue weighted by molar-refractivity contribution is 0.359. The van der Waals surface area contributed by atoms with Gasteiger partial charge in [-0.3, -0.25) is 4.99 Å². The summed E-state index contributed by atoms with van der Waals surface area (Å²) in [4.78, 5) is 9.12. The smallest absolute Gasteiger partial charge is 0.0960 e. The van der Waals surface area contributed by atoms with Crippen LogP contribution in [0.5, 0.6) is 0 Å². The van der Waals surface area contributed by atoms with Gasteiger partial charge in [0.15, 0.2) is 0 Å². The van der Waals surface area contributed by atoms with Gasteiger partial charge in [-0.25, -0.2) is 4.98 Å². The maximum atomic E-state index is 6.19. The van der Waals surface area contributed by atoms with E-state index in [2.05, 4.69) is 20.6 Å². The number of halogens is 2. The molecule has 5 heteroatoms. The molecule has 0 aliphatic heterocycles. The van der Waals surface area contributed by atoms with Crippen LogP contribution in [-0.4, -0.2) is 15.8 Å². The van der Waals surface area contributed by atoms with Gasteiger partial charge < -0.3 is 4.57 Å². The van der Waals surface area contributed by atoms with Gasteiger partial charge in [-0.2, -0.15) is 0 Å². The van der Waals surface area contributed by atoms with E-state index in [0.717, 1.165) is 16.8 Å². The van der Waals surface area contributed by atoms with Gasteiger partial charge in [-0.1, -0.05) is 48.5 Å². The Morgan fingerprint density at radius 3 is 2.68 bits per heavy atom. The highest BCUT2D eigenvalue weighted by Gasteiger charge is 2.17. The summed E-state index contributed by atoms with van der Waals surface area (Å²) in [6.45, 7) is 0. The molecule has 1 aromatic heterocycles. The molecular formula is C20H19Cl2N3. The molecule has 0 saturated heterocycles. The highest BCUT2D eigenvalue weighted by atomic mass is 35.5. The Morgan fingerprint density at radius 2 is 1.88 bits per heavy atom. The molecule has 0 spiro atoms. The second-order valence-corrected chi connectivity index (χ2v) is 7.38. The molecule has 0 atom stereocenters. The van der Waals surface area contributed by atoms with Crippen molar-refractivity contribution in [3.8, 4) is 0 Å². The lowest BCUT2D eigenvalue weighted by Crippen LogP contribution is -2.11. The van der Waals surface area contributed by atoms with Crippen LogP contribution in [0, 0.1) is 0 Å². The third-order valence-corrected chi connectivity index (χ3v) is 5.40. The SMILES string of the molecule is Clc1ccc(C=Nc2ccc3c(c2)ncn3C2CCCCC2)c(Cl)c1. The minimum Gasteiger partial charge on any atom is -0.327 e. The van der Waals surface area contributed by atoms with Crippen molar-refractivity contribution in [2.75, 3.05) is 0 Å². The average Bonchev–Trinajstić information content (AvgIpc) is 3.05. The molecule has 1 heterocycles. The lowest BCUT2D eigenvalue weighted by Gasteiger charge is -2.23. The molecule has 0 radical (unpaired) electrons. The molecule has 0 amide bonds. The van der Waals surface area contributed by atoms with Crippen LogP contribution >= 0.6 is 23.2 Å². The van der Waals surface area contributed by atoms with Crippen molar-refractivity contribution in [2.24, 2.45) is 4.99 Å². The van der Waals surface area contributed by atoms with Crippen LogP contribution < -0.4 is 0 Å². The van der Waals surface area contributed by atoms with Gasteiger partial charge in [0.25, 0.3) is 0 Å². The van der Waals surface area contributed by atoms with Crippen LogP contribution in [0.25, 0.3) is 11.0 Å². The molecule has 128 valence electrons. The van der Waals surface area contributed by atoms with Crippen molar-refractivity contribution in [3.63, 3.8) is 0 Å². The van der Waals surface area contributed by atoms with E-state index in [0.29, 0.717) is 16.1 Å². The third-order valence-electron chi connectivity index (χ3n) is 4.84. The molecule has 1 saturated carbocycles. The molecule has 0 unspecified atom stereocenters. The van der Waals surface area contributed by atoms with Crippen molar-refractivity contribution in [1.82, 2.24) is 9.55 Å². The minimum absolute atomic E-state index is 0.584. The third kappa shape index (κ3) is 3.58. The van der Waals surface area contributed by atoms with Crippen molar-refractivity contribution < 1.29 is 0 Å². The predicted octanol–water partition coefficient (Wildman–Crippen LogP) is 6.60. The standard InChI is InChI=1S/C20H19Cl2N3/c21-15-7-6-14(18(22)10-15)12-23-16-8-9-20-19(11-16)24-13-25(20)17-4-2-1-3-5-17/h6-13,17H,1-5H2. The van der Waals surface area contributed by atoms with E-state index in [4.69, 9.17) is 23.2 Å². The van der Waals surface area contributed by atoms with Gasteiger partial charge in [-0.15, -0.1) is 0 Å². The second-order valence-electron chi connectivity index (χ2n) is 6.54. The number of hydrogen-bond acceptors (Lipinski definition) is 2. The van der Waals surface area contributed by atoms with Crippen LogP contribution in [0.15, 0.2) is 47.7 Å². The summed E-state index contributed by atoms with van der Waals surface area (Å²) in [5, 5.41) is 1.22. The quantitative estimate of drug-likeness (QED) is 0.477. The second kappa shape index (κ2) is 7.19. The molecule has 0 N–H and O–H groups in total. The van der Waals surface area contributed by atoms with Crippen LogP contribution in [0.2, 0.25) is 10.0 Å². The Balaban J connectivity index is 1.60. The highest BCUT2D eigenvalue weighted by Crippen LogP contribution is 2.31. The number of aromatic nitrogens is 2. The van der Waals surface area contributed by atoms with Crippen LogP contribution in [0.3, 0.4) is 0 Å². The van der Waals surface area contributed by atoms with E-state index in [1.807, 2.05) is 30.6 Å². The number of benzene rings is 2. The largest absolute Gasteiger partial charge is 0.327 e. The number of hydrogen-bond donors (Lipinski definition) is 0. The van der Waals surface area contributed by atoms with E-state index < -0.39 is 0 Å². The Morgan fingerprint density at radius 1 is 1.04 bits per heavy atom. The van der Waals surface area contributed by atoms with Crippen LogP contribution in [-0.2, 0) is 0 Å². The zero-order valence-corrected chi connectivity index (χ0v) is 15.3. The van der Waals surface area contributed by atoms with Gasteiger partial charge in [0, 0.05) is 22.8 Å². The Kier molecular flexibility index (Phi) is 4.78. The van der Waals surface area contributed by atoms with Crippen LogP contribution in [0.1, 0.15) is 43.7 Å². The summed E-state index contributed by atoms with van der Waals surface area (Å²) >= 11 is 12.1. The van der Waals surface area contributed by atoms with E-state index >= 15 is 0 Å². The first kappa shape index (κ1) is 16.6. The van der Waals surface area contributed by atoms with Gasteiger partial charge >= 0.3 is 0 Å². The number of rotatable bonds is 3. The molecule has 3 aromatic rings. The average molecular weight is 372 g/mol. The maximum Gasteiger partial charge on any atom is 0.0960 e. The zero-order chi connectivity index (χ0) is 17.2. The molecule has 1 aliphatic carbocycles. The fraction of sp³-hybridized carbons (Fsp3) is 0.300. The van der Waals surface area contributed by atoms with Crippen molar-refractivity contribution in [2.45, 2.75) is 38.1 Å². The summed E-state index contributed by atoms with van der Waals surface area (Å²) in [6.07, 6.45) is 10.2. The Bertz CT molecular complexity index is 924. The van der Waals surface area contributed by atoms with E-state index in [9.17, 15) is 0 Å². The van der Waals surface area contributed by atoms with E-state index in [1.165, 1.54) is 37.6 Å². The number of fused-ring (bicyclic) bond motifs is 1. The Labute approximate surface area is 157 Å². The fourth-order valence-corrected chi connectivity index (χ4v) is 3.96. The highest BCUT2D eigenvalue weighted by molar-refractivity contribution is 6.36. The fourth-order valence-electron chi connectivity index (χ4n) is 3.50. The Hall–Kier alpha value is -1.84. The summed E-state index contributed by atoms with van der Waals surface area (Å²) in [6, 6.07) is 12.2. The molecule has 0 bridgehead atoms. The molecule has 2 aromatic carbocycles. The van der Waals surface area contributed by atoms with Crippen molar-refractivity contribution in [1.29, 1.82) is 0 Å². The summed E-state index contributed by atoms with van der Waals surface area (Å²) in [5.41, 5.74) is 3.89. The molecular weight excluding hydrogens is 353 g/mol. The lowest BCUT2D eigenvalue weighted by atomic mass is 9.95.